The summed E-state index contributed by atoms with van der Waals surface area (Å²) in [7, 11) is 0. The summed E-state index contributed by atoms with van der Waals surface area (Å²) >= 11 is 0. The second-order valence-corrected chi connectivity index (χ2v) is 4.79. The number of nitrogens with zero attached hydrogens (tertiary/aromatic N) is 2. The SMILES string of the molecule is CC(=O)CC(C)=N[C@@H](CO)[C@@H](O)c1ccc([N+](=O)[O-])cc1. The smallest absolute Gasteiger partial charge is 0.269 e. The molecule has 2 atom stereocenters. The zero-order valence-corrected chi connectivity index (χ0v) is 11.9. The molecule has 0 amide bonds. The molecule has 0 bridgehead atoms. The van der Waals surface area contributed by atoms with E-state index >= 15 is 0 Å². The number of benzene rings is 1. The predicted molar refractivity (Wildman–Crippen MR) is 77.3 cm³/mol. The first-order valence-corrected chi connectivity index (χ1v) is 6.41. The van der Waals surface area contributed by atoms with E-state index in [1.54, 1.807) is 6.92 Å². The van der Waals surface area contributed by atoms with E-state index in [9.17, 15) is 25.1 Å². The maximum absolute atomic E-state index is 11.0. The molecule has 0 aromatic heterocycles. The van der Waals surface area contributed by atoms with E-state index in [0.29, 0.717) is 11.3 Å². The number of non-ortho nitro benzene ring substituents is 1. The number of nitro groups is 1. The van der Waals surface area contributed by atoms with Gasteiger partial charge in [0, 0.05) is 24.3 Å². The van der Waals surface area contributed by atoms with Crippen LogP contribution >= 0.6 is 0 Å². The number of aliphatic hydroxyl groups excluding tert-OH is 2. The average molecular weight is 294 g/mol. The van der Waals surface area contributed by atoms with Crippen molar-refractivity contribution < 1.29 is 19.9 Å². The normalized spacial score (nSPS) is 14.6. The van der Waals surface area contributed by atoms with Gasteiger partial charge in [0.15, 0.2) is 0 Å². The molecule has 0 saturated heterocycles. The minimum Gasteiger partial charge on any atom is -0.394 e. The second-order valence-electron chi connectivity index (χ2n) is 4.79. The fraction of sp³-hybridized carbons (Fsp3) is 0.429. The third-order valence-electron chi connectivity index (χ3n) is 2.89. The number of carbonyl (C=O) groups is 1. The Balaban J connectivity index is 2.90. The second kappa shape index (κ2) is 7.61. The zero-order valence-electron chi connectivity index (χ0n) is 11.9. The minimum atomic E-state index is -1.10. The molecule has 1 rings (SSSR count). The molecule has 1 aromatic carbocycles. The van der Waals surface area contributed by atoms with E-state index in [-0.39, 0.29) is 17.9 Å². The molecular formula is C14H18N2O5. The van der Waals surface area contributed by atoms with Crippen molar-refractivity contribution in [1.29, 1.82) is 0 Å². The first-order chi connectivity index (χ1) is 9.85. The molecule has 1 aromatic rings. The van der Waals surface area contributed by atoms with Gasteiger partial charge in [0.2, 0.25) is 0 Å². The molecule has 7 nitrogen and oxygen atoms in total. The molecule has 7 heteroatoms. The van der Waals surface area contributed by atoms with Crippen LogP contribution in [0.1, 0.15) is 31.9 Å². The number of aliphatic hydroxyl groups is 2. The third-order valence-corrected chi connectivity index (χ3v) is 2.89. The van der Waals surface area contributed by atoms with Gasteiger partial charge < -0.3 is 10.2 Å². The summed E-state index contributed by atoms with van der Waals surface area (Å²) in [5.74, 6) is -0.0576. The van der Waals surface area contributed by atoms with Crippen molar-refractivity contribution in [3.05, 3.63) is 39.9 Å². The lowest BCUT2D eigenvalue weighted by atomic mass is 10.0. The molecule has 2 N–H and O–H groups in total. The van der Waals surface area contributed by atoms with Crippen LogP contribution in [-0.4, -0.2) is 39.3 Å². The van der Waals surface area contributed by atoms with Crippen LogP contribution in [0.3, 0.4) is 0 Å². The highest BCUT2D eigenvalue weighted by molar-refractivity contribution is 5.99. The summed E-state index contributed by atoms with van der Waals surface area (Å²) in [6, 6.07) is 4.58. The van der Waals surface area contributed by atoms with Crippen molar-refractivity contribution in [2.24, 2.45) is 4.99 Å². The van der Waals surface area contributed by atoms with Gasteiger partial charge in [-0.1, -0.05) is 0 Å². The molecule has 0 radical (unpaired) electrons. The van der Waals surface area contributed by atoms with Gasteiger partial charge >= 0.3 is 0 Å². The number of aliphatic imine (C=N–C) groups is 1. The number of Topliss-reactive ketones (excluding diaryl/α,β-unsaturated/α-hetero) is 1. The quantitative estimate of drug-likeness (QED) is 0.448. The van der Waals surface area contributed by atoms with Crippen molar-refractivity contribution in [1.82, 2.24) is 0 Å². The summed E-state index contributed by atoms with van der Waals surface area (Å²) in [5.41, 5.74) is 0.851. The lowest BCUT2D eigenvalue weighted by Gasteiger charge is -2.18. The molecule has 114 valence electrons. The predicted octanol–water partition coefficient (Wildman–Crippen LogP) is 1.43. The molecule has 0 saturated carbocycles. The van der Waals surface area contributed by atoms with Crippen LogP contribution in [0.5, 0.6) is 0 Å². The topological polar surface area (TPSA) is 113 Å². The van der Waals surface area contributed by atoms with E-state index in [0.717, 1.165) is 0 Å². The molecule has 0 spiro atoms. The summed E-state index contributed by atoms with van der Waals surface area (Å²) < 4.78 is 0. The standard InChI is InChI=1S/C14H18N2O5/c1-9(7-10(2)18)15-13(8-17)14(19)11-3-5-12(6-4-11)16(20)21/h3-6,13-14,17,19H,7-8H2,1-2H3/t13-,14-/m0/s1. The molecule has 0 aliphatic heterocycles. The number of nitro benzene ring substituents is 1. The van der Waals surface area contributed by atoms with Gasteiger partial charge in [-0.05, 0) is 31.5 Å². The van der Waals surface area contributed by atoms with Crippen LogP contribution in [0, 0.1) is 10.1 Å². The Kier molecular flexibility index (Phi) is 6.13. The maximum atomic E-state index is 11.0. The Labute approximate surface area is 122 Å². The lowest BCUT2D eigenvalue weighted by molar-refractivity contribution is -0.384. The van der Waals surface area contributed by atoms with Crippen molar-refractivity contribution in [2.45, 2.75) is 32.4 Å². The fourth-order valence-electron chi connectivity index (χ4n) is 1.92. The molecule has 0 aliphatic carbocycles. The van der Waals surface area contributed by atoms with Gasteiger partial charge in [-0.15, -0.1) is 0 Å². The van der Waals surface area contributed by atoms with Crippen LogP contribution in [0.2, 0.25) is 0 Å². The highest BCUT2D eigenvalue weighted by atomic mass is 16.6. The number of hydrogen-bond acceptors (Lipinski definition) is 6. The van der Waals surface area contributed by atoms with Crippen molar-refractivity contribution >= 4 is 17.2 Å². The number of rotatable bonds is 7. The van der Waals surface area contributed by atoms with Crippen LogP contribution in [0.15, 0.2) is 29.3 Å². The van der Waals surface area contributed by atoms with Gasteiger partial charge in [-0.3, -0.25) is 19.9 Å². The Bertz CT molecular complexity index is 539. The minimum absolute atomic E-state index is 0.0576. The molecule has 0 fully saturated rings. The fourth-order valence-corrected chi connectivity index (χ4v) is 1.92. The highest BCUT2D eigenvalue weighted by Crippen LogP contribution is 2.22. The number of carbonyl (C=O) groups excluding carboxylic acids is 1. The van der Waals surface area contributed by atoms with Crippen LogP contribution in [-0.2, 0) is 4.79 Å². The molecule has 21 heavy (non-hydrogen) atoms. The Hall–Kier alpha value is -2.12. The first-order valence-electron chi connectivity index (χ1n) is 6.41. The van der Waals surface area contributed by atoms with Crippen molar-refractivity contribution in [2.75, 3.05) is 6.61 Å². The van der Waals surface area contributed by atoms with Gasteiger partial charge in [-0.2, -0.15) is 0 Å². The largest absolute Gasteiger partial charge is 0.394 e. The summed E-state index contributed by atoms with van der Waals surface area (Å²) in [6.45, 7) is 2.68. The Morgan fingerprint density at radius 3 is 2.33 bits per heavy atom. The monoisotopic (exact) mass is 294 g/mol. The van der Waals surface area contributed by atoms with E-state index in [1.807, 2.05) is 0 Å². The molecule has 0 aliphatic rings. The summed E-state index contributed by atoms with van der Waals surface area (Å²) in [5, 5.41) is 30.1. The first kappa shape index (κ1) is 16.9. The van der Waals surface area contributed by atoms with Crippen molar-refractivity contribution in [3.8, 4) is 0 Å². The molecule has 0 heterocycles. The van der Waals surface area contributed by atoms with E-state index in [2.05, 4.69) is 4.99 Å². The zero-order chi connectivity index (χ0) is 16.0. The van der Waals surface area contributed by atoms with Crippen molar-refractivity contribution in [3.63, 3.8) is 0 Å². The van der Waals surface area contributed by atoms with Gasteiger partial charge in [-0.25, -0.2) is 0 Å². The summed E-state index contributed by atoms with van der Waals surface area (Å²) in [4.78, 5) is 25.2. The van der Waals surface area contributed by atoms with Crippen LogP contribution in [0.4, 0.5) is 5.69 Å². The molecule has 0 unspecified atom stereocenters. The summed E-state index contributed by atoms with van der Waals surface area (Å²) in [6.07, 6.45) is -0.943. The van der Waals surface area contributed by atoms with E-state index in [4.69, 9.17) is 0 Å². The number of ketones is 1. The van der Waals surface area contributed by atoms with Crippen LogP contribution in [0.25, 0.3) is 0 Å². The Morgan fingerprint density at radius 2 is 1.90 bits per heavy atom. The van der Waals surface area contributed by atoms with E-state index in [1.165, 1.54) is 31.2 Å². The third kappa shape index (κ3) is 5.05. The van der Waals surface area contributed by atoms with Crippen LogP contribution < -0.4 is 0 Å². The lowest BCUT2D eigenvalue weighted by Crippen LogP contribution is -2.22. The van der Waals surface area contributed by atoms with Gasteiger partial charge in [0.1, 0.15) is 17.9 Å². The van der Waals surface area contributed by atoms with E-state index < -0.39 is 23.7 Å². The maximum Gasteiger partial charge on any atom is 0.269 e. The van der Waals surface area contributed by atoms with Gasteiger partial charge in [0.25, 0.3) is 5.69 Å². The average Bonchev–Trinajstić information content (AvgIpc) is 2.43. The highest BCUT2D eigenvalue weighted by Gasteiger charge is 2.20. The van der Waals surface area contributed by atoms with Gasteiger partial charge in [0.05, 0.1) is 11.5 Å². The number of hydrogen-bond donors (Lipinski definition) is 2. The molecular weight excluding hydrogens is 276 g/mol. The Morgan fingerprint density at radius 1 is 1.33 bits per heavy atom.